The zero-order valence-corrected chi connectivity index (χ0v) is 20.7. The monoisotopic (exact) mass is 528 g/mol. The number of furan rings is 1. The van der Waals surface area contributed by atoms with Gasteiger partial charge in [-0.3, -0.25) is 0 Å². The van der Waals surface area contributed by atoms with E-state index in [4.69, 9.17) is 4.42 Å². The second-order valence-corrected chi connectivity index (χ2v) is 16.7. The molecule has 7 heteroatoms. The lowest BCUT2D eigenvalue weighted by atomic mass is 10.2. The third-order valence-corrected chi connectivity index (χ3v) is 8.81. The summed E-state index contributed by atoms with van der Waals surface area (Å²) < 4.78 is 39.8. The maximum absolute atomic E-state index is 10.4. The van der Waals surface area contributed by atoms with E-state index in [1.807, 2.05) is 6.92 Å². The van der Waals surface area contributed by atoms with Gasteiger partial charge in [-0.1, -0.05) is 49.5 Å². The van der Waals surface area contributed by atoms with Crippen LogP contribution >= 0.6 is 0 Å². The van der Waals surface area contributed by atoms with Gasteiger partial charge in [0.25, 0.3) is 0 Å². The lowest BCUT2D eigenvalue weighted by molar-refractivity contribution is -0.617. The van der Waals surface area contributed by atoms with Crippen LogP contribution in [0.3, 0.4) is 0 Å². The van der Waals surface area contributed by atoms with Gasteiger partial charge in [0, 0.05) is 6.07 Å². The number of benzene rings is 2. The molecule has 2 aromatic carbocycles. The minimum absolute atomic E-state index is 0.160. The predicted octanol–water partition coefficient (Wildman–Crippen LogP) is 1.16. The van der Waals surface area contributed by atoms with Crippen LogP contribution in [0.25, 0.3) is 0 Å². The van der Waals surface area contributed by atoms with Gasteiger partial charge in [0.05, 0.1) is 10.3 Å². The molecule has 0 bridgehead atoms. The molecule has 4 nitrogen and oxygen atoms in total. The summed E-state index contributed by atoms with van der Waals surface area (Å²) in [5, 5.41) is 1.22. The molecule has 0 aliphatic heterocycles. The first kappa shape index (κ1) is 22.9. The summed E-state index contributed by atoms with van der Waals surface area (Å²) in [7, 11) is -5.56. The van der Waals surface area contributed by atoms with Crippen molar-refractivity contribution in [2.45, 2.75) is 38.4 Å². The van der Waals surface area contributed by atoms with Crippen LogP contribution in [0.4, 0.5) is 0 Å². The summed E-state index contributed by atoms with van der Waals surface area (Å²) in [6.45, 7) is 10.9. The van der Waals surface area contributed by atoms with Crippen LogP contribution in [0.15, 0.2) is 70.0 Å². The highest BCUT2D eigenvalue weighted by atomic mass is 127. The molecule has 150 valence electrons. The van der Waals surface area contributed by atoms with Crippen LogP contribution in [0.1, 0.15) is 11.1 Å². The van der Waals surface area contributed by atoms with Crippen LogP contribution in [0, 0.1) is 21.2 Å². The van der Waals surface area contributed by atoms with Gasteiger partial charge in [-0.15, -0.1) is 0 Å². The number of halogens is 1. The maximum atomic E-state index is 10.4. The molecular formula is C21H25IO4SSi. The van der Waals surface area contributed by atoms with Gasteiger partial charge in [0.1, 0.15) is 18.2 Å². The highest BCUT2D eigenvalue weighted by Gasteiger charge is 2.26. The molecule has 0 aliphatic carbocycles. The molecule has 3 rings (SSSR count). The average Bonchev–Trinajstić information content (AvgIpc) is 3.04. The average molecular weight is 528 g/mol. The van der Waals surface area contributed by atoms with E-state index in [1.54, 1.807) is 12.1 Å². The van der Waals surface area contributed by atoms with Crippen LogP contribution in [0.2, 0.25) is 19.6 Å². The van der Waals surface area contributed by atoms with Crippen LogP contribution in [0.5, 0.6) is 0 Å². The highest BCUT2D eigenvalue weighted by Crippen LogP contribution is 2.08. The molecule has 0 spiro atoms. The number of hydrogen-bond acceptors (Lipinski definition) is 4. The molecule has 0 radical (unpaired) electrons. The van der Waals surface area contributed by atoms with Crippen molar-refractivity contribution < 1.29 is 38.6 Å². The van der Waals surface area contributed by atoms with E-state index >= 15 is 0 Å². The zero-order chi connectivity index (χ0) is 20.9. The van der Waals surface area contributed by atoms with Gasteiger partial charge in [0.15, 0.2) is 3.57 Å². The Morgan fingerprint density at radius 3 is 2.04 bits per heavy atom. The second-order valence-electron chi connectivity index (χ2n) is 7.51. The van der Waals surface area contributed by atoms with Crippen LogP contribution < -0.4 is 26.6 Å². The van der Waals surface area contributed by atoms with Gasteiger partial charge in [0.2, 0.25) is 0 Å². The third-order valence-electron chi connectivity index (χ3n) is 3.80. The van der Waals surface area contributed by atoms with Crippen LogP contribution in [-0.2, 0) is 10.1 Å². The van der Waals surface area contributed by atoms with Crippen molar-refractivity contribution in [1.82, 2.24) is 0 Å². The van der Waals surface area contributed by atoms with Gasteiger partial charge >= 0.3 is 25.0 Å². The summed E-state index contributed by atoms with van der Waals surface area (Å²) in [6, 6.07) is 18.9. The molecule has 0 N–H and O–H groups in total. The molecule has 28 heavy (non-hydrogen) atoms. The Labute approximate surface area is 179 Å². The quantitative estimate of drug-likeness (QED) is 0.290. The molecule has 0 fully saturated rings. The first-order valence-corrected chi connectivity index (χ1v) is 15.9. The minimum Gasteiger partial charge on any atom is -0.744 e. The Kier molecular flexibility index (Phi) is 7.66. The van der Waals surface area contributed by atoms with Crippen molar-refractivity contribution in [3.8, 4) is 0 Å². The Hall–Kier alpha value is -1.42. The molecule has 0 saturated carbocycles. The van der Waals surface area contributed by atoms with E-state index in [0.717, 1.165) is 5.56 Å². The summed E-state index contributed by atoms with van der Waals surface area (Å²) in [5.41, 5.74) is 2.26. The molecule has 0 amide bonds. The highest BCUT2D eigenvalue weighted by molar-refractivity contribution is 7.85. The Morgan fingerprint density at radius 1 is 0.893 bits per heavy atom. The normalized spacial score (nSPS) is 11.6. The fraction of sp³-hybridized carbons (Fsp3) is 0.238. The number of aryl methyl sites for hydroxylation is 2. The topological polar surface area (TPSA) is 70.3 Å². The minimum atomic E-state index is -4.27. The molecular weight excluding hydrogens is 503 g/mol. The molecule has 0 saturated heterocycles. The third kappa shape index (κ3) is 7.19. The van der Waals surface area contributed by atoms with E-state index in [9.17, 15) is 13.0 Å². The van der Waals surface area contributed by atoms with Crippen molar-refractivity contribution in [2.24, 2.45) is 0 Å². The molecule has 1 heterocycles. The van der Waals surface area contributed by atoms with Crippen molar-refractivity contribution in [2.75, 3.05) is 0 Å². The van der Waals surface area contributed by atoms with Crippen molar-refractivity contribution >= 4 is 23.6 Å². The lowest BCUT2D eigenvalue weighted by Crippen LogP contribution is -3.61. The summed E-state index contributed by atoms with van der Waals surface area (Å²) >= 11 is -0.160. The van der Waals surface area contributed by atoms with Crippen molar-refractivity contribution in [3.05, 3.63) is 79.1 Å². The van der Waals surface area contributed by atoms with E-state index < -0.39 is 18.2 Å². The molecule has 1 aromatic heterocycles. The first-order valence-electron chi connectivity index (χ1n) is 8.79. The van der Waals surface area contributed by atoms with Gasteiger partial charge in [-0.25, -0.2) is 8.42 Å². The Bertz CT molecular complexity index is 1020. The van der Waals surface area contributed by atoms with Crippen LogP contribution in [-0.4, -0.2) is 21.0 Å². The molecule has 0 aliphatic rings. The second kappa shape index (κ2) is 9.38. The lowest BCUT2D eigenvalue weighted by Gasteiger charge is -2.09. The zero-order valence-electron chi connectivity index (χ0n) is 16.7. The predicted molar refractivity (Wildman–Crippen MR) is 109 cm³/mol. The summed E-state index contributed by atoms with van der Waals surface area (Å²) in [4.78, 5) is -0.178. The fourth-order valence-electron chi connectivity index (χ4n) is 2.24. The van der Waals surface area contributed by atoms with E-state index in [-0.39, 0.29) is 26.1 Å². The molecule has 0 unspecified atom stereocenters. The van der Waals surface area contributed by atoms with Crippen molar-refractivity contribution in [1.29, 1.82) is 0 Å². The summed E-state index contributed by atoms with van der Waals surface area (Å²) in [6.07, 6.45) is 0. The number of hydrogen-bond donors (Lipinski definition) is 0. The maximum Gasteiger partial charge on any atom is 0.400 e. The van der Waals surface area contributed by atoms with Gasteiger partial charge < -0.3 is 8.97 Å². The number of rotatable bonds is 4. The van der Waals surface area contributed by atoms with E-state index in [1.165, 1.54) is 30.4 Å². The first-order chi connectivity index (χ1) is 12.9. The van der Waals surface area contributed by atoms with Crippen molar-refractivity contribution in [3.63, 3.8) is 0 Å². The SMILES string of the molecule is Cc1ccc(S(=O)(=O)[O-])cc1.Cc1cccc([I+]c2ccc([Si](C)(C)C)o2)c1. The molecule has 3 aromatic rings. The Balaban J connectivity index is 0.000000221. The van der Waals surface area contributed by atoms with Gasteiger partial charge in [-0.05, 0) is 49.7 Å². The largest absolute Gasteiger partial charge is 0.744 e. The smallest absolute Gasteiger partial charge is 0.400 e. The summed E-state index contributed by atoms with van der Waals surface area (Å²) in [5.74, 6) is 0. The Morgan fingerprint density at radius 2 is 1.54 bits per heavy atom. The van der Waals surface area contributed by atoms with Gasteiger partial charge in [-0.2, -0.15) is 0 Å². The van der Waals surface area contributed by atoms with E-state index in [0.29, 0.717) is 0 Å². The fourth-order valence-corrected chi connectivity index (χ4v) is 6.28. The standard InChI is InChI=1S/C14H18IOSi.C7H8O3S/c1-11-6-5-7-12(10-11)15-13-8-9-14(16-13)17(2,3)4;1-6-2-4-7(5-3-6)11(8,9)10/h5-10H,1-4H3;2-5H,1H3,(H,8,9,10)/q+1;/p-1. The van der Waals surface area contributed by atoms with E-state index in [2.05, 4.69) is 63.0 Å². The molecule has 0 atom stereocenters.